The van der Waals surface area contributed by atoms with Crippen LogP contribution in [0, 0.1) is 0 Å². The van der Waals surface area contributed by atoms with Crippen LogP contribution in [0.15, 0.2) is 33.3 Å². The summed E-state index contributed by atoms with van der Waals surface area (Å²) in [5, 5.41) is 1.99. The number of H-pyrrole nitrogens is 1. The smallest absolute Gasteiger partial charge is 0.304 e. The van der Waals surface area contributed by atoms with Crippen molar-refractivity contribution in [3.63, 3.8) is 0 Å². The van der Waals surface area contributed by atoms with Gasteiger partial charge in [-0.3, -0.25) is 4.79 Å². The van der Waals surface area contributed by atoms with Gasteiger partial charge in [0.05, 0.1) is 11.4 Å². The minimum Gasteiger partial charge on any atom is -0.326 e. The normalized spacial score (nSPS) is 11.7. The Morgan fingerprint density at radius 3 is 2.75 bits per heavy atom. The molecule has 0 fully saturated rings. The quantitative estimate of drug-likeness (QED) is 0.759. The molecule has 4 N–H and O–H groups in total. The van der Waals surface area contributed by atoms with Crippen molar-refractivity contribution in [2.45, 2.75) is 18.0 Å². The molecule has 9 heteroatoms. The maximum absolute atomic E-state index is 12.1. The van der Waals surface area contributed by atoms with Gasteiger partial charge < -0.3 is 10.7 Å². The third-order valence-corrected chi connectivity index (χ3v) is 5.06. The van der Waals surface area contributed by atoms with Crippen molar-refractivity contribution in [1.82, 2.24) is 9.71 Å². The largest absolute Gasteiger partial charge is 0.326 e. The zero-order valence-electron chi connectivity index (χ0n) is 10.2. The van der Waals surface area contributed by atoms with E-state index < -0.39 is 10.0 Å². The molecule has 6 nitrogen and oxygen atoms in total. The maximum atomic E-state index is 12.1. The standard InChI is InChI=1S/C11H12ClN3O3S2/c12-10-2-1-9(3-7(10)4-13)20(17,18)14-5-8-6-19-11(16)15-8/h1-3,6,14H,4-5,13H2,(H,15,16). The first-order chi connectivity index (χ1) is 9.42. The van der Waals surface area contributed by atoms with E-state index in [1.165, 1.54) is 18.2 Å². The number of hydrogen-bond donors (Lipinski definition) is 3. The first-order valence-electron chi connectivity index (χ1n) is 5.57. The number of hydrogen-bond acceptors (Lipinski definition) is 5. The number of nitrogens with one attached hydrogen (secondary N) is 2. The van der Waals surface area contributed by atoms with Crippen LogP contribution in [0.2, 0.25) is 5.02 Å². The van der Waals surface area contributed by atoms with E-state index in [2.05, 4.69) is 9.71 Å². The Hall–Kier alpha value is -1.19. The lowest BCUT2D eigenvalue weighted by Gasteiger charge is -2.08. The molecule has 0 aliphatic carbocycles. The summed E-state index contributed by atoms with van der Waals surface area (Å²) in [5.74, 6) is 0. The summed E-state index contributed by atoms with van der Waals surface area (Å²) >= 11 is 6.87. The van der Waals surface area contributed by atoms with Crippen LogP contribution in [0.1, 0.15) is 11.3 Å². The summed E-state index contributed by atoms with van der Waals surface area (Å²) in [4.78, 5) is 13.3. The van der Waals surface area contributed by atoms with E-state index in [9.17, 15) is 13.2 Å². The third kappa shape index (κ3) is 3.47. The third-order valence-electron chi connectivity index (χ3n) is 2.57. The highest BCUT2D eigenvalue weighted by atomic mass is 35.5. The van der Waals surface area contributed by atoms with Gasteiger partial charge in [-0.2, -0.15) is 0 Å². The highest BCUT2D eigenvalue weighted by Gasteiger charge is 2.15. The second-order valence-electron chi connectivity index (χ2n) is 3.96. The molecule has 0 aliphatic heterocycles. The van der Waals surface area contributed by atoms with Gasteiger partial charge in [0.2, 0.25) is 10.0 Å². The van der Waals surface area contributed by atoms with Crippen molar-refractivity contribution >= 4 is 33.0 Å². The topological polar surface area (TPSA) is 105 Å². The number of sulfonamides is 1. The lowest BCUT2D eigenvalue weighted by Crippen LogP contribution is -2.24. The molecule has 1 heterocycles. The molecule has 0 radical (unpaired) electrons. The van der Waals surface area contributed by atoms with Gasteiger partial charge in [-0.1, -0.05) is 22.9 Å². The number of benzene rings is 1. The zero-order valence-corrected chi connectivity index (χ0v) is 12.6. The Balaban J connectivity index is 2.19. The summed E-state index contributed by atoms with van der Waals surface area (Å²) in [5.41, 5.74) is 6.56. The molecule has 108 valence electrons. The Kier molecular flexibility index (Phi) is 4.61. The fourth-order valence-corrected chi connectivity index (χ4v) is 3.36. The first kappa shape index (κ1) is 15.2. The van der Waals surface area contributed by atoms with E-state index in [-0.39, 0.29) is 22.9 Å². The van der Waals surface area contributed by atoms with Gasteiger partial charge in [0.15, 0.2) is 0 Å². The van der Waals surface area contributed by atoms with Crippen molar-refractivity contribution < 1.29 is 8.42 Å². The molecule has 0 unspecified atom stereocenters. The van der Waals surface area contributed by atoms with Crippen molar-refractivity contribution in [3.8, 4) is 0 Å². The highest BCUT2D eigenvalue weighted by Crippen LogP contribution is 2.20. The summed E-state index contributed by atoms with van der Waals surface area (Å²) in [6.07, 6.45) is 0. The van der Waals surface area contributed by atoms with Crippen LogP contribution >= 0.6 is 22.9 Å². The van der Waals surface area contributed by atoms with Gasteiger partial charge in [-0.05, 0) is 23.8 Å². The van der Waals surface area contributed by atoms with Crippen LogP contribution in [0.4, 0.5) is 0 Å². The monoisotopic (exact) mass is 333 g/mol. The molecular formula is C11H12ClN3O3S2. The van der Waals surface area contributed by atoms with Crippen LogP contribution in [-0.2, 0) is 23.1 Å². The fraction of sp³-hybridized carbons (Fsp3) is 0.182. The minimum absolute atomic E-state index is 0.0155. The summed E-state index contributed by atoms with van der Waals surface area (Å²) in [6, 6.07) is 4.33. The van der Waals surface area contributed by atoms with E-state index in [0.29, 0.717) is 16.3 Å². The zero-order chi connectivity index (χ0) is 14.8. The van der Waals surface area contributed by atoms with Crippen molar-refractivity contribution in [2.24, 2.45) is 5.73 Å². The van der Waals surface area contributed by atoms with Crippen molar-refractivity contribution in [2.75, 3.05) is 0 Å². The number of aromatic amines is 1. The Labute approximate surface area is 124 Å². The number of thiazole rings is 1. The summed E-state index contributed by atoms with van der Waals surface area (Å²) in [7, 11) is -3.68. The fourth-order valence-electron chi connectivity index (χ4n) is 1.53. The van der Waals surface area contributed by atoms with Gasteiger partial charge in [0.25, 0.3) is 0 Å². The molecule has 0 aliphatic rings. The predicted octanol–water partition coefficient (Wildman–Crippen LogP) is 1.03. The van der Waals surface area contributed by atoms with Crippen LogP contribution in [0.5, 0.6) is 0 Å². The molecule has 20 heavy (non-hydrogen) atoms. The van der Waals surface area contributed by atoms with Gasteiger partial charge in [-0.15, -0.1) is 0 Å². The first-order valence-corrected chi connectivity index (χ1v) is 8.31. The Morgan fingerprint density at radius 2 is 2.15 bits per heavy atom. The molecule has 2 aromatic rings. The average Bonchev–Trinajstić information content (AvgIpc) is 2.83. The van der Waals surface area contributed by atoms with E-state index in [4.69, 9.17) is 17.3 Å². The highest BCUT2D eigenvalue weighted by molar-refractivity contribution is 7.89. The van der Waals surface area contributed by atoms with E-state index in [1.54, 1.807) is 5.38 Å². The van der Waals surface area contributed by atoms with Crippen molar-refractivity contribution in [1.29, 1.82) is 0 Å². The number of rotatable bonds is 5. The Bertz CT molecular complexity index is 767. The van der Waals surface area contributed by atoms with Crippen molar-refractivity contribution in [3.05, 3.63) is 49.5 Å². The van der Waals surface area contributed by atoms with Crippen LogP contribution in [0.3, 0.4) is 0 Å². The number of nitrogens with two attached hydrogens (primary N) is 1. The molecule has 0 atom stereocenters. The molecule has 0 amide bonds. The molecule has 1 aromatic carbocycles. The number of aromatic nitrogens is 1. The molecule has 0 bridgehead atoms. The predicted molar refractivity (Wildman–Crippen MR) is 78.3 cm³/mol. The van der Waals surface area contributed by atoms with Crippen LogP contribution in [0.25, 0.3) is 0 Å². The molecule has 2 rings (SSSR count). The number of halogens is 1. The maximum Gasteiger partial charge on any atom is 0.304 e. The molecule has 0 spiro atoms. The Morgan fingerprint density at radius 1 is 1.40 bits per heavy atom. The van der Waals surface area contributed by atoms with Crippen LogP contribution < -0.4 is 15.3 Å². The van der Waals surface area contributed by atoms with Gasteiger partial charge >= 0.3 is 4.87 Å². The van der Waals surface area contributed by atoms with E-state index >= 15 is 0 Å². The molecular weight excluding hydrogens is 322 g/mol. The minimum atomic E-state index is -3.68. The second-order valence-corrected chi connectivity index (χ2v) is 6.97. The summed E-state index contributed by atoms with van der Waals surface area (Å²) < 4.78 is 26.6. The lowest BCUT2D eigenvalue weighted by atomic mass is 10.2. The summed E-state index contributed by atoms with van der Waals surface area (Å²) in [6.45, 7) is 0.168. The average molecular weight is 334 g/mol. The molecule has 1 aromatic heterocycles. The second kappa shape index (κ2) is 6.06. The van der Waals surface area contributed by atoms with Crippen LogP contribution in [-0.4, -0.2) is 13.4 Å². The lowest BCUT2D eigenvalue weighted by molar-refractivity contribution is 0.580. The van der Waals surface area contributed by atoms with E-state index in [0.717, 1.165) is 11.3 Å². The van der Waals surface area contributed by atoms with Gasteiger partial charge in [0.1, 0.15) is 0 Å². The van der Waals surface area contributed by atoms with E-state index in [1.807, 2.05) is 0 Å². The SMILES string of the molecule is NCc1cc(S(=O)(=O)NCc2csc(=O)[nH]2)ccc1Cl. The van der Waals surface area contributed by atoms with Gasteiger partial charge in [-0.25, -0.2) is 13.1 Å². The molecule has 0 saturated carbocycles. The molecule has 0 saturated heterocycles. The van der Waals surface area contributed by atoms with Gasteiger partial charge in [0, 0.05) is 22.6 Å².